The Bertz CT molecular complexity index is 936. The molecule has 1 aliphatic rings. The summed E-state index contributed by atoms with van der Waals surface area (Å²) in [5.41, 5.74) is 3.15. The minimum Gasteiger partial charge on any atom is -0.326 e. The molecular weight excluding hydrogens is 420 g/mol. The Morgan fingerprint density at radius 2 is 2.00 bits per heavy atom. The lowest BCUT2D eigenvalue weighted by molar-refractivity contribution is -0.122. The van der Waals surface area contributed by atoms with E-state index in [9.17, 15) is 9.59 Å². The number of thioether (sulfide) groups is 1. The van der Waals surface area contributed by atoms with Gasteiger partial charge in [-0.15, -0.1) is 11.3 Å². The molecule has 2 aromatic rings. The number of anilines is 1. The molecule has 7 heteroatoms. The lowest BCUT2D eigenvalue weighted by atomic mass is 10.1. The molecule has 0 spiro atoms. The second-order valence-corrected chi connectivity index (χ2v) is 9.61. The van der Waals surface area contributed by atoms with E-state index in [1.54, 1.807) is 16.2 Å². The van der Waals surface area contributed by atoms with Crippen molar-refractivity contribution in [3.05, 3.63) is 56.6 Å². The van der Waals surface area contributed by atoms with Gasteiger partial charge in [-0.2, -0.15) is 0 Å². The Morgan fingerprint density at radius 3 is 2.76 bits per heavy atom. The predicted molar refractivity (Wildman–Crippen MR) is 127 cm³/mol. The summed E-state index contributed by atoms with van der Waals surface area (Å²) in [6, 6.07) is 9.87. The van der Waals surface area contributed by atoms with Gasteiger partial charge in [0.2, 0.25) is 5.91 Å². The number of carbonyl (C=O) groups is 2. The number of unbranched alkanes of at least 4 members (excludes halogenated alkanes) is 2. The van der Waals surface area contributed by atoms with E-state index in [0.29, 0.717) is 22.2 Å². The van der Waals surface area contributed by atoms with E-state index in [-0.39, 0.29) is 11.8 Å². The van der Waals surface area contributed by atoms with Crippen LogP contribution in [0.4, 0.5) is 5.69 Å². The fourth-order valence-electron chi connectivity index (χ4n) is 3.03. The van der Waals surface area contributed by atoms with Crippen LogP contribution in [-0.4, -0.2) is 27.6 Å². The highest BCUT2D eigenvalue weighted by atomic mass is 32.2. The third kappa shape index (κ3) is 5.78. The van der Waals surface area contributed by atoms with Gasteiger partial charge in [0.15, 0.2) is 0 Å². The number of rotatable bonds is 8. The summed E-state index contributed by atoms with van der Waals surface area (Å²) in [5.74, 6) is 0.0178. The number of hydrogen-bond donors (Lipinski definition) is 1. The minimum absolute atomic E-state index is 0.0129. The maximum atomic E-state index is 12.6. The lowest BCUT2D eigenvalue weighted by Crippen LogP contribution is -2.29. The summed E-state index contributed by atoms with van der Waals surface area (Å²) < 4.78 is 0.616. The maximum absolute atomic E-state index is 12.6. The number of thiophene rings is 1. The molecule has 1 N–H and O–H groups in total. The van der Waals surface area contributed by atoms with E-state index >= 15 is 0 Å². The SMILES string of the molecule is Cc1cccc(NC(=O)CCCCCN2C(=O)C(=Cc3cccs3)SC2=S)c1C. The number of aryl methyl sites for hydroxylation is 1. The molecule has 1 aliphatic heterocycles. The summed E-state index contributed by atoms with van der Waals surface area (Å²) in [4.78, 5) is 28.2. The molecule has 2 heterocycles. The van der Waals surface area contributed by atoms with Crippen molar-refractivity contribution in [2.75, 3.05) is 11.9 Å². The molecule has 4 nitrogen and oxygen atoms in total. The van der Waals surface area contributed by atoms with Crippen LogP contribution in [0, 0.1) is 13.8 Å². The molecule has 1 aromatic heterocycles. The Labute approximate surface area is 185 Å². The van der Waals surface area contributed by atoms with Crippen LogP contribution in [0.2, 0.25) is 0 Å². The molecule has 0 saturated carbocycles. The Kier molecular flexibility index (Phi) is 7.64. The topological polar surface area (TPSA) is 49.4 Å². The second kappa shape index (κ2) is 10.2. The van der Waals surface area contributed by atoms with Crippen LogP contribution >= 0.6 is 35.3 Å². The van der Waals surface area contributed by atoms with E-state index in [4.69, 9.17) is 12.2 Å². The summed E-state index contributed by atoms with van der Waals surface area (Å²) in [6.45, 7) is 4.65. The van der Waals surface area contributed by atoms with Gasteiger partial charge in [-0.1, -0.05) is 48.6 Å². The summed E-state index contributed by atoms with van der Waals surface area (Å²) in [5, 5.41) is 4.98. The van der Waals surface area contributed by atoms with Crippen molar-refractivity contribution in [2.45, 2.75) is 39.5 Å². The second-order valence-electron chi connectivity index (χ2n) is 6.96. The number of amides is 2. The highest BCUT2D eigenvalue weighted by Crippen LogP contribution is 2.33. The van der Waals surface area contributed by atoms with Gasteiger partial charge in [0.25, 0.3) is 5.91 Å². The minimum atomic E-state index is -0.0129. The first kappa shape index (κ1) is 21.7. The van der Waals surface area contributed by atoms with Crippen molar-refractivity contribution in [2.24, 2.45) is 0 Å². The zero-order valence-corrected chi connectivity index (χ0v) is 19.0. The third-order valence-electron chi connectivity index (χ3n) is 4.85. The molecule has 3 rings (SSSR count). The third-order valence-corrected chi connectivity index (χ3v) is 7.05. The molecule has 1 fully saturated rings. The van der Waals surface area contributed by atoms with E-state index in [1.165, 1.54) is 17.3 Å². The zero-order valence-electron chi connectivity index (χ0n) is 16.6. The van der Waals surface area contributed by atoms with Crippen LogP contribution in [0.1, 0.15) is 41.7 Å². The monoisotopic (exact) mass is 444 g/mol. The lowest BCUT2D eigenvalue weighted by Gasteiger charge is -2.14. The van der Waals surface area contributed by atoms with Gasteiger partial charge in [0, 0.05) is 23.5 Å². The van der Waals surface area contributed by atoms with Crippen molar-refractivity contribution < 1.29 is 9.59 Å². The fraction of sp³-hybridized carbons (Fsp3) is 0.318. The van der Waals surface area contributed by atoms with Crippen LogP contribution in [0.15, 0.2) is 40.6 Å². The van der Waals surface area contributed by atoms with Gasteiger partial charge in [-0.05, 0) is 61.4 Å². The fourth-order valence-corrected chi connectivity index (χ4v) is 5.06. The predicted octanol–water partition coefficient (Wildman–Crippen LogP) is 5.77. The standard InChI is InChI=1S/C22H24N2O2S3/c1-15-8-6-10-18(16(15)2)23-20(25)11-4-3-5-12-24-21(26)19(29-22(24)27)14-17-9-7-13-28-17/h6-10,13-14H,3-5,11-12H2,1-2H3,(H,23,25). The highest BCUT2D eigenvalue weighted by Gasteiger charge is 2.31. The van der Waals surface area contributed by atoms with E-state index in [0.717, 1.165) is 35.4 Å². The maximum Gasteiger partial charge on any atom is 0.266 e. The molecule has 1 aromatic carbocycles. The number of nitrogens with zero attached hydrogens (tertiary/aromatic N) is 1. The van der Waals surface area contributed by atoms with Crippen molar-refractivity contribution in [1.29, 1.82) is 0 Å². The van der Waals surface area contributed by atoms with Crippen molar-refractivity contribution in [3.63, 3.8) is 0 Å². The van der Waals surface area contributed by atoms with Gasteiger partial charge in [-0.3, -0.25) is 14.5 Å². The molecule has 0 unspecified atom stereocenters. The average Bonchev–Trinajstić information content (AvgIpc) is 3.28. The Morgan fingerprint density at radius 1 is 1.17 bits per heavy atom. The Balaban J connectivity index is 1.40. The molecule has 0 aliphatic carbocycles. The molecule has 1 saturated heterocycles. The number of nitrogens with one attached hydrogen (secondary N) is 1. The molecule has 2 amide bonds. The normalized spacial score (nSPS) is 15.4. The van der Waals surface area contributed by atoms with Crippen molar-refractivity contribution in [3.8, 4) is 0 Å². The first-order valence-corrected chi connectivity index (χ1v) is 11.7. The van der Waals surface area contributed by atoms with Crippen LogP contribution in [0.3, 0.4) is 0 Å². The summed E-state index contributed by atoms with van der Waals surface area (Å²) in [6.07, 6.45) is 4.87. The van der Waals surface area contributed by atoms with Crippen LogP contribution < -0.4 is 5.32 Å². The average molecular weight is 445 g/mol. The summed E-state index contributed by atoms with van der Waals surface area (Å²) >= 11 is 8.34. The largest absolute Gasteiger partial charge is 0.326 e. The van der Waals surface area contributed by atoms with Crippen LogP contribution in [-0.2, 0) is 9.59 Å². The molecule has 0 radical (unpaired) electrons. The highest BCUT2D eigenvalue weighted by molar-refractivity contribution is 8.26. The van der Waals surface area contributed by atoms with Gasteiger partial charge in [0.05, 0.1) is 4.91 Å². The Hall–Kier alpha value is -1.96. The summed E-state index contributed by atoms with van der Waals surface area (Å²) in [7, 11) is 0. The van der Waals surface area contributed by atoms with Gasteiger partial charge >= 0.3 is 0 Å². The molecule has 152 valence electrons. The van der Waals surface area contributed by atoms with Gasteiger partial charge in [0.1, 0.15) is 4.32 Å². The van der Waals surface area contributed by atoms with E-state index < -0.39 is 0 Å². The molecule has 0 atom stereocenters. The van der Waals surface area contributed by atoms with Crippen LogP contribution in [0.5, 0.6) is 0 Å². The molecule has 0 bridgehead atoms. The van der Waals surface area contributed by atoms with Gasteiger partial charge < -0.3 is 5.32 Å². The number of thiocarbonyl (C=S) groups is 1. The first-order chi connectivity index (χ1) is 14.0. The zero-order chi connectivity index (χ0) is 20.8. The van der Waals surface area contributed by atoms with E-state index in [1.807, 2.05) is 55.6 Å². The quantitative estimate of drug-likeness (QED) is 0.319. The van der Waals surface area contributed by atoms with Gasteiger partial charge in [-0.25, -0.2) is 0 Å². The number of carbonyl (C=O) groups excluding carboxylic acids is 2. The van der Waals surface area contributed by atoms with Crippen LogP contribution in [0.25, 0.3) is 6.08 Å². The molecule has 29 heavy (non-hydrogen) atoms. The number of benzene rings is 1. The number of hydrogen-bond acceptors (Lipinski definition) is 5. The first-order valence-electron chi connectivity index (χ1n) is 9.60. The van der Waals surface area contributed by atoms with Crippen molar-refractivity contribution >= 4 is 63.2 Å². The molecular formula is C22H24N2O2S3. The smallest absolute Gasteiger partial charge is 0.266 e. The van der Waals surface area contributed by atoms with Crippen molar-refractivity contribution in [1.82, 2.24) is 4.90 Å². The van der Waals surface area contributed by atoms with E-state index in [2.05, 4.69) is 5.32 Å².